The monoisotopic (exact) mass is 345 g/mol. The van der Waals surface area contributed by atoms with E-state index in [9.17, 15) is 8.78 Å². The highest BCUT2D eigenvalue weighted by molar-refractivity contribution is 9.10. The number of aryl methyl sites for hydroxylation is 1. The van der Waals surface area contributed by atoms with E-state index in [4.69, 9.17) is 0 Å². The van der Waals surface area contributed by atoms with Crippen LogP contribution in [0.15, 0.2) is 28.1 Å². The van der Waals surface area contributed by atoms with E-state index in [1.807, 2.05) is 11.4 Å². The Bertz CT molecular complexity index is 583. The summed E-state index contributed by atoms with van der Waals surface area (Å²) in [4.78, 5) is 1.15. The Hall–Kier alpha value is -0.780. The maximum Gasteiger partial charge on any atom is 0.130 e. The first-order valence-electron chi connectivity index (χ1n) is 5.87. The van der Waals surface area contributed by atoms with Crippen LogP contribution in [0.25, 0.3) is 0 Å². The SMILES string of the molecule is CNC(Cc1cc(Br)cs1)c1cc(C)c(F)cc1F. The fraction of sp³-hybridized carbons (Fsp3) is 0.286. The number of hydrogen-bond donors (Lipinski definition) is 1. The topological polar surface area (TPSA) is 12.0 Å². The molecule has 0 saturated heterocycles. The number of thiophene rings is 1. The second-order valence-corrected chi connectivity index (χ2v) is 6.31. The van der Waals surface area contributed by atoms with Crippen LogP contribution in [-0.4, -0.2) is 7.05 Å². The summed E-state index contributed by atoms with van der Waals surface area (Å²) in [6, 6.07) is 4.39. The summed E-state index contributed by atoms with van der Waals surface area (Å²) >= 11 is 5.02. The molecule has 0 fully saturated rings. The van der Waals surface area contributed by atoms with Crippen molar-refractivity contribution in [2.45, 2.75) is 19.4 Å². The first-order chi connectivity index (χ1) is 9.01. The summed E-state index contributed by atoms with van der Waals surface area (Å²) in [6.07, 6.45) is 0.675. The molecule has 1 atom stereocenters. The van der Waals surface area contributed by atoms with Crippen molar-refractivity contribution in [3.05, 3.63) is 55.7 Å². The van der Waals surface area contributed by atoms with Crippen molar-refractivity contribution in [2.75, 3.05) is 7.05 Å². The van der Waals surface area contributed by atoms with Crippen LogP contribution in [0.5, 0.6) is 0 Å². The van der Waals surface area contributed by atoms with Crippen molar-refractivity contribution in [1.29, 1.82) is 0 Å². The van der Waals surface area contributed by atoms with Crippen molar-refractivity contribution in [1.82, 2.24) is 5.32 Å². The van der Waals surface area contributed by atoms with Crippen LogP contribution in [0.4, 0.5) is 8.78 Å². The van der Waals surface area contributed by atoms with Crippen LogP contribution < -0.4 is 5.32 Å². The van der Waals surface area contributed by atoms with Crippen molar-refractivity contribution < 1.29 is 8.78 Å². The van der Waals surface area contributed by atoms with Gasteiger partial charge in [0.05, 0.1) is 0 Å². The predicted octanol–water partition coefficient (Wildman–Crippen LogP) is 4.60. The molecule has 1 aromatic carbocycles. The number of benzene rings is 1. The maximum atomic E-state index is 13.9. The summed E-state index contributed by atoms with van der Waals surface area (Å²) in [5, 5.41) is 5.09. The summed E-state index contributed by atoms with van der Waals surface area (Å²) in [6.45, 7) is 1.65. The smallest absolute Gasteiger partial charge is 0.130 e. The van der Waals surface area contributed by atoms with Crippen LogP contribution in [0.3, 0.4) is 0 Å². The standard InChI is InChI=1S/C14H14BrF2NS/c1-8-3-11(13(17)6-12(8)16)14(18-2)5-10-4-9(15)7-19-10/h3-4,6-7,14,18H,5H2,1-2H3. The zero-order chi connectivity index (χ0) is 14.0. The van der Waals surface area contributed by atoms with Crippen molar-refractivity contribution in [3.8, 4) is 0 Å². The van der Waals surface area contributed by atoms with E-state index in [-0.39, 0.29) is 6.04 Å². The lowest BCUT2D eigenvalue weighted by Gasteiger charge is -2.17. The van der Waals surface area contributed by atoms with Gasteiger partial charge in [0, 0.05) is 38.8 Å². The van der Waals surface area contributed by atoms with Gasteiger partial charge < -0.3 is 5.32 Å². The molecule has 19 heavy (non-hydrogen) atoms. The number of nitrogens with one attached hydrogen (secondary N) is 1. The lowest BCUT2D eigenvalue weighted by molar-refractivity contribution is 0.521. The molecule has 1 aromatic heterocycles. The third kappa shape index (κ3) is 3.41. The van der Waals surface area contributed by atoms with Crippen LogP contribution >= 0.6 is 27.3 Å². The minimum atomic E-state index is -0.505. The minimum absolute atomic E-state index is 0.162. The molecule has 0 spiro atoms. The van der Waals surface area contributed by atoms with Crippen LogP contribution in [0, 0.1) is 18.6 Å². The Kier molecular flexibility index (Phi) is 4.71. The van der Waals surface area contributed by atoms with Crippen LogP contribution in [0.1, 0.15) is 22.0 Å². The van der Waals surface area contributed by atoms with Gasteiger partial charge in [0.2, 0.25) is 0 Å². The van der Waals surface area contributed by atoms with Gasteiger partial charge in [-0.25, -0.2) is 8.78 Å². The normalized spacial score (nSPS) is 12.7. The molecule has 1 nitrogen and oxygen atoms in total. The van der Waals surface area contributed by atoms with Gasteiger partial charge in [0.1, 0.15) is 11.6 Å². The molecular weight excluding hydrogens is 332 g/mol. The summed E-state index contributed by atoms with van der Waals surface area (Å²) < 4.78 is 28.2. The molecule has 0 bridgehead atoms. The molecule has 1 heterocycles. The Morgan fingerprint density at radius 3 is 2.58 bits per heavy atom. The molecule has 0 saturated carbocycles. The second kappa shape index (κ2) is 6.11. The third-order valence-corrected chi connectivity index (χ3v) is 4.75. The zero-order valence-corrected chi connectivity index (χ0v) is 13.0. The molecule has 0 aliphatic carbocycles. The lowest BCUT2D eigenvalue weighted by Crippen LogP contribution is -2.20. The number of rotatable bonds is 4. The zero-order valence-electron chi connectivity index (χ0n) is 10.6. The molecule has 0 aliphatic heterocycles. The van der Waals surface area contributed by atoms with Gasteiger partial charge in [0.25, 0.3) is 0 Å². The van der Waals surface area contributed by atoms with Gasteiger partial charge in [-0.3, -0.25) is 0 Å². The highest BCUT2D eigenvalue weighted by Crippen LogP contribution is 2.27. The summed E-state index contributed by atoms with van der Waals surface area (Å²) in [7, 11) is 1.78. The predicted molar refractivity (Wildman–Crippen MR) is 78.6 cm³/mol. The molecule has 1 unspecified atom stereocenters. The van der Waals surface area contributed by atoms with Gasteiger partial charge in [-0.15, -0.1) is 11.3 Å². The van der Waals surface area contributed by atoms with E-state index in [0.717, 1.165) is 15.4 Å². The van der Waals surface area contributed by atoms with E-state index in [1.54, 1.807) is 31.4 Å². The second-order valence-electron chi connectivity index (χ2n) is 4.40. The highest BCUT2D eigenvalue weighted by Gasteiger charge is 2.17. The quantitative estimate of drug-likeness (QED) is 0.853. The molecule has 1 N–H and O–H groups in total. The maximum absolute atomic E-state index is 13.9. The minimum Gasteiger partial charge on any atom is -0.313 e. The van der Waals surface area contributed by atoms with Crippen LogP contribution in [0.2, 0.25) is 0 Å². The molecular formula is C14H14BrF2NS. The van der Waals surface area contributed by atoms with Crippen LogP contribution in [-0.2, 0) is 6.42 Å². The molecule has 102 valence electrons. The van der Waals surface area contributed by atoms with E-state index in [2.05, 4.69) is 21.2 Å². The molecule has 0 amide bonds. The van der Waals surface area contributed by atoms with Crippen molar-refractivity contribution >= 4 is 27.3 Å². The van der Waals surface area contributed by atoms with Gasteiger partial charge in [-0.1, -0.05) is 0 Å². The average Bonchev–Trinajstić information content (AvgIpc) is 2.77. The highest BCUT2D eigenvalue weighted by atomic mass is 79.9. The third-order valence-electron chi connectivity index (χ3n) is 3.03. The summed E-state index contributed by atoms with van der Waals surface area (Å²) in [5.74, 6) is -1.01. The number of hydrogen-bond acceptors (Lipinski definition) is 2. The van der Waals surface area contributed by atoms with E-state index in [0.29, 0.717) is 17.5 Å². The van der Waals surface area contributed by atoms with Crippen molar-refractivity contribution in [2.24, 2.45) is 0 Å². The Morgan fingerprint density at radius 2 is 2.00 bits per heavy atom. The number of halogens is 3. The van der Waals surface area contributed by atoms with Gasteiger partial charge in [0.15, 0.2) is 0 Å². The Labute approximate surface area is 123 Å². The largest absolute Gasteiger partial charge is 0.313 e. The van der Waals surface area contributed by atoms with Crippen molar-refractivity contribution in [3.63, 3.8) is 0 Å². The first-order valence-corrected chi connectivity index (χ1v) is 7.54. The fourth-order valence-corrected chi connectivity index (χ4v) is 3.47. The average molecular weight is 346 g/mol. The molecule has 0 aliphatic rings. The Balaban J connectivity index is 2.29. The van der Waals surface area contributed by atoms with E-state index >= 15 is 0 Å². The molecule has 2 aromatic rings. The fourth-order valence-electron chi connectivity index (χ4n) is 1.98. The van der Waals surface area contributed by atoms with Gasteiger partial charge in [-0.2, -0.15) is 0 Å². The molecule has 5 heteroatoms. The van der Waals surface area contributed by atoms with Gasteiger partial charge >= 0.3 is 0 Å². The van der Waals surface area contributed by atoms with Gasteiger partial charge in [-0.05, 0) is 47.6 Å². The first kappa shape index (κ1) is 14.6. The molecule has 2 rings (SSSR count). The lowest BCUT2D eigenvalue weighted by atomic mass is 10.00. The van der Waals surface area contributed by atoms with E-state index in [1.165, 1.54) is 0 Å². The summed E-state index contributed by atoms with van der Waals surface area (Å²) in [5.41, 5.74) is 0.968. The van der Waals surface area contributed by atoms with E-state index < -0.39 is 11.6 Å². The molecule has 0 radical (unpaired) electrons. The Morgan fingerprint density at radius 1 is 1.26 bits per heavy atom. The number of likely N-dealkylation sites (N-methyl/N-ethyl adjacent to an activating group) is 1.